The van der Waals surface area contributed by atoms with Gasteiger partial charge in [-0.25, -0.2) is 9.59 Å². The van der Waals surface area contributed by atoms with E-state index in [1.165, 1.54) is 4.90 Å². The maximum absolute atomic E-state index is 12.3. The van der Waals surface area contributed by atoms with Gasteiger partial charge in [0.05, 0.1) is 0 Å². The summed E-state index contributed by atoms with van der Waals surface area (Å²) in [5, 5.41) is 9.21. The predicted molar refractivity (Wildman–Crippen MR) is 69.4 cm³/mol. The van der Waals surface area contributed by atoms with Gasteiger partial charge in [0.1, 0.15) is 6.04 Å². The molecule has 0 spiro atoms. The van der Waals surface area contributed by atoms with E-state index in [0.29, 0.717) is 6.54 Å². The summed E-state index contributed by atoms with van der Waals surface area (Å²) in [4.78, 5) is 26.7. The van der Waals surface area contributed by atoms with Crippen molar-refractivity contribution < 1.29 is 14.7 Å². The lowest BCUT2D eigenvalue weighted by Gasteiger charge is -2.32. The van der Waals surface area contributed by atoms with Crippen LogP contribution in [0.4, 0.5) is 4.79 Å². The van der Waals surface area contributed by atoms with Gasteiger partial charge < -0.3 is 14.9 Å². The molecule has 1 aliphatic rings. The lowest BCUT2D eigenvalue weighted by Crippen LogP contribution is -2.50. The largest absolute Gasteiger partial charge is 0.480 e. The van der Waals surface area contributed by atoms with Gasteiger partial charge in [-0.15, -0.1) is 0 Å². The number of carboxylic acids is 1. The molecule has 1 N–H and O–H groups in total. The van der Waals surface area contributed by atoms with Gasteiger partial charge in [0.15, 0.2) is 0 Å². The van der Waals surface area contributed by atoms with E-state index < -0.39 is 12.0 Å². The van der Waals surface area contributed by atoms with E-state index >= 15 is 0 Å². The molecule has 0 aromatic rings. The Bertz CT molecular complexity index is 319. The predicted octanol–water partition coefficient (Wildman–Crippen LogP) is 2.02. The van der Waals surface area contributed by atoms with Crippen LogP contribution >= 0.6 is 0 Å². The highest BCUT2D eigenvalue weighted by molar-refractivity contribution is 5.83. The summed E-state index contributed by atoms with van der Waals surface area (Å²) in [7, 11) is 1.75. The Morgan fingerprint density at radius 3 is 2.61 bits per heavy atom. The highest BCUT2D eigenvalue weighted by Crippen LogP contribution is 2.25. The number of rotatable bonds is 4. The monoisotopic (exact) mass is 256 g/mol. The molecule has 0 saturated carbocycles. The molecule has 0 aromatic heterocycles. The Hall–Kier alpha value is -1.26. The molecule has 0 bridgehead atoms. The molecule has 1 aliphatic heterocycles. The fourth-order valence-corrected chi connectivity index (χ4v) is 2.54. The number of likely N-dealkylation sites (tertiary alicyclic amines) is 1. The third-order valence-electron chi connectivity index (χ3n) is 3.87. The summed E-state index contributed by atoms with van der Waals surface area (Å²) in [5.41, 5.74) is 0. The molecule has 3 atom stereocenters. The summed E-state index contributed by atoms with van der Waals surface area (Å²) < 4.78 is 0. The number of urea groups is 1. The zero-order valence-corrected chi connectivity index (χ0v) is 11.7. The van der Waals surface area contributed by atoms with Gasteiger partial charge in [-0.3, -0.25) is 0 Å². The normalized spacial score (nSPS) is 25.0. The average Bonchev–Trinajstić information content (AvgIpc) is 2.69. The van der Waals surface area contributed by atoms with Gasteiger partial charge in [0, 0.05) is 19.6 Å². The lowest BCUT2D eigenvalue weighted by atomic mass is 10.0. The van der Waals surface area contributed by atoms with Gasteiger partial charge in [0.2, 0.25) is 0 Å². The Balaban J connectivity index is 2.74. The third kappa shape index (κ3) is 2.94. The molecule has 1 saturated heterocycles. The molecule has 1 fully saturated rings. The van der Waals surface area contributed by atoms with E-state index in [0.717, 1.165) is 19.3 Å². The van der Waals surface area contributed by atoms with Crippen molar-refractivity contribution in [1.82, 2.24) is 9.80 Å². The summed E-state index contributed by atoms with van der Waals surface area (Å²) in [5.74, 6) is -0.869. The molecule has 0 aromatic carbocycles. The van der Waals surface area contributed by atoms with Crippen LogP contribution in [0.25, 0.3) is 0 Å². The molecule has 5 heteroatoms. The smallest absolute Gasteiger partial charge is 0.326 e. The first-order chi connectivity index (χ1) is 8.40. The van der Waals surface area contributed by atoms with E-state index in [4.69, 9.17) is 0 Å². The van der Waals surface area contributed by atoms with Crippen molar-refractivity contribution in [2.45, 2.75) is 52.1 Å². The number of carbonyl (C=O) groups is 2. The zero-order chi connectivity index (χ0) is 13.9. The van der Waals surface area contributed by atoms with Crippen LogP contribution in [0, 0.1) is 5.92 Å². The van der Waals surface area contributed by atoms with Crippen molar-refractivity contribution in [2.75, 3.05) is 13.6 Å². The number of carboxylic acid groups (broad SMARTS) is 1. The molecule has 5 nitrogen and oxygen atoms in total. The number of carbonyl (C=O) groups excluding carboxylic acids is 1. The number of hydrogen-bond acceptors (Lipinski definition) is 2. The minimum Gasteiger partial charge on any atom is -0.480 e. The Morgan fingerprint density at radius 2 is 2.11 bits per heavy atom. The van der Waals surface area contributed by atoms with Crippen LogP contribution in [-0.2, 0) is 4.79 Å². The second-order valence-electron chi connectivity index (χ2n) is 5.27. The van der Waals surface area contributed by atoms with Crippen molar-refractivity contribution in [3.05, 3.63) is 0 Å². The summed E-state index contributed by atoms with van der Waals surface area (Å²) in [6.45, 7) is 6.51. The van der Waals surface area contributed by atoms with E-state index in [9.17, 15) is 14.7 Å². The molecule has 0 aliphatic carbocycles. The van der Waals surface area contributed by atoms with Crippen LogP contribution in [0.1, 0.15) is 40.0 Å². The van der Waals surface area contributed by atoms with E-state index in [1.54, 1.807) is 11.9 Å². The molecule has 18 heavy (non-hydrogen) atoms. The number of amides is 2. The van der Waals surface area contributed by atoms with Gasteiger partial charge in [-0.1, -0.05) is 20.3 Å². The van der Waals surface area contributed by atoms with Gasteiger partial charge >= 0.3 is 12.0 Å². The van der Waals surface area contributed by atoms with Gasteiger partial charge in [-0.05, 0) is 25.7 Å². The molecular formula is C13H24N2O3. The minimum atomic E-state index is -0.898. The number of aliphatic carboxylic acids is 1. The first-order valence-electron chi connectivity index (χ1n) is 6.66. The maximum Gasteiger partial charge on any atom is 0.326 e. The summed E-state index contributed by atoms with van der Waals surface area (Å²) in [6.07, 6.45) is 2.71. The van der Waals surface area contributed by atoms with Crippen molar-refractivity contribution >= 4 is 12.0 Å². The molecule has 3 unspecified atom stereocenters. The summed E-state index contributed by atoms with van der Waals surface area (Å²) >= 11 is 0. The topological polar surface area (TPSA) is 60.9 Å². The Morgan fingerprint density at radius 1 is 1.50 bits per heavy atom. The van der Waals surface area contributed by atoms with Crippen molar-refractivity contribution in [2.24, 2.45) is 5.92 Å². The second kappa shape index (κ2) is 6.07. The standard InChI is InChI=1S/C13H24N2O3/c1-5-6-10(3)14(4)13(18)15-8-7-9(2)11(15)12(16)17/h9-11H,5-8H2,1-4H3,(H,16,17). The van der Waals surface area contributed by atoms with Crippen LogP contribution in [0.5, 0.6) is 0 Å². The lowest BCUT2D eigenvalue weighted by molar-refractivity contribution is -0.142. The first kappa shape index (κ1) is 14.8. The molecule has 104 valence electrons. The van der Waals surface area contributed by atoms with Crippen LogP contribution in [0.15, 0.2) is 0 Å². The van der Waals surface area contributed by atoms with Crippen LogP contribution in [-0.4, -0.2) is 52.6 Å². The Kier molecular flexibility index (Phi) is 4.99. The molecule has 0 radical (unpaired) electrons. The summed E-state index contributed by atoms with van der Waals surface area (Å²) in [6, 6.07) is -0.686. The van der Waals surface area contributed by atoms with Crippen LogP contribution in [0.3, 0.4) is 0 Å². The molecule has 1 rings (SSSR count). The number of hydrogen-bond donors (Lipinski definition) is 1. The van der Waals surface area contributed by atoms with Crippen molar-refractivity contribution in [3.63, 3.8) is 0 Å². The third-order valence-corrected chi connectivity index (χ3v) is 3.87. The minimum absolute atomic E-state index is 0.0290. The first-order valence-corrected chi connectivity index (χ1v) is 6.66. The van der Waals surface area contributed by atoms with E-state index in [1.807, 2.05) is 13.8 Å². The van der Waals surface area contributed by atoms with Crippen molar-refractivity contribution in [3.8, 4) is 0 Å². The average molecular weight is 256 g/mol. The fraction of sp³-hybridized carbons (Fsp3) is 0.846. The van der Waals surface area contributed by atoms with Crippen LogP contribution < -0.4 is 0 Å². The SMILES string of the molecule is CCCC(C)N(C)C(=O)N1CCC(C)C1C(=O)O. The van der Waals surface area contributed by atoms with E-state index in [-0.39, 0.29) is 18.0 Å². The second-order valence-corrected chi connectivity index (χ2v) is 5.27. The highest BCUT2D eigenvalue weighted by atomic mass is 16.4. The van der Waals surface area contributed by atoms with Gasteiger partial charge in [0.25, 0.3) is 0 Å². The highest BCUT2D eigenvalue weighted by Gasteiger charge is 2.40. The number of nitrogens with zero attached hydrogens (tertiary/aromatic N) is 2. The molecule has 2 amide bonds. The quantitative estimate of drug-likeness (QED) is 0.837. The van der Waals surface area contributed by atoms with Crippen molar-refractivity contribution in [1.29, 1.82) is 0 Å². The maximum atomic E-state index is 12.3. The zero-order valence-electron chi connectivity index (χ0n) is 11.7. The molecular weight excluding hydrogens is 232 g/mol. The molecule has 1 heterocycles. The van der Waals surface area contributed by atoms with Gasteiger partial charge in [-0.2, -0.15) is 0 Å². The van der Waals surface area contributed by atoms with E-state index in [2.05, 4.69) is 6.92 Å². The van der Waals surface area contributed by atoms with Crippen LogP contribution in [0.2, 0.25) is 0 Å². The Labute approximate surface area is 109 Å². The fourth-order valence-electron chi connectivity index (χ4n) is 2.54.